The van der Waals surface area contributed by atoms with Gasteiger partial charge in [-0.15, -0.1) is 0 Å². The summed E-state index contributed by atoms with van der Waals surface area (Å²) in [7, 11) is 3.25. The van der Waals surface area contributed by atoms with Crippen LogP contribution in [0.25, 0.3) is 0 Å². The third-order valence-electron chi connectivity index (χ3n) is 5.80. The zero-order valence-corrected chi connectivity index (χ0v) is 20.5. The fourth-order valence-corrected chi connectivity index (χ4v) is 3.92. The Bertz CT molecular complexity index is 1040. The lowest BCUT2D eigenvalue weighted by atomic mass is 10.0. The fraction of sp³-hybridized carbons (Fsp3) is 0.310. The van der Waals surface area contributed by atoms with Crippen LogP contribution in [0.3, 0.4) is 0 Å². The molecular formula is C29H34N2O4. The van der Waals surface area contributed by atoms with E-state index in [1.807, 2.05) is 84.9 Å². The van der Waals surface area contributed by atoms with Crippen LogP contribution in [0.5, 0.6) is 5.75 Å². The summed E-state index contributed by atoms with van der Waals surface area (Å²) in [4.78, 5) is 28.8. The van der Waals surface area contributed by atoms with Gasteiger partial charge in [-0.05, 0) is 41.7 Å². The first kappa shape index (κ1) is 26.0. The molecule has 3 rings (SSSR count). The topological polar surface area (TPSA) is 67.9 Å². The number of benzene rings is 3. The number of methoxy groups -OCH3 is 2. The molecule has 0 radical (unpaired) electrons. The van der Waals surface area contributed by atoms with Gasteiger partial charge in [-0.2, -0.15) is 0 Å². The number of nitrogens with one attached hydrogen (secondary N) is 1. The first-order valence-electron chi connectivity index (χ1n) is 11.9. The summed E-state index contributed by atoms with van der Waals surface area (Å²) in [6.45, 7) is 1.34. The molecule has 0 spiro atoms. The molecule has 0 saturated carbocycles. The van der Waals surface area contributed by atoms with Gasteiger partial charge in [0.05, 0.1) is 7.11 Å². The van der Waals surface area contributed by atoms with E-state index in [-0.39, 0.29) is 11.8 Å². The van der Waals surface area contributed by atoms with Crippen molar-refractivity contribution in [2.75, 3.05) is 27.4 Å². The Labute approximate surface area is 207 Å². The number of hydrogen-bond acceptors (Lipinski definition) is 4. The molecular weight excluding hydrogens is 440 g/mol. The van der Waals surface area contributed by atoms with E-state index in [1.54, 1.807) is 19.1 Å². The Morgan fingerprint density at radius 1 is 0.857 bits per heavy atom. The summed E-state index contributed by atoms with van der Waals surface area (Å²) in [6.07, 6.45) is 1.61. The smallest absolute Gasteiger partial charge is 0.247 e. The SMILES string of the molecule is COCCCNC(=O)[C@H](c1ccccc1)N(Cc1ccc(OC)cc1)C(=O)CCc1ccccc1. The van der Waals surface area contributed by atoms with Crippen LogP contribution in [0.4, 0.5) is 0 Å². The second kappa shape index (κ2) is 13.9. The summed E-state index contributed by atoms with van der Waals surface area (Å²) < 4.78 is 10.4. The minimum Gasteiger partial charge on any atom is -0.497 e. The number of carbonyl (C=O) groups excluding carboxylic acids is 2. The fourth-order valence-electron chi connectivity index (χ4n) is 3.92. The van der Waals surface area contributed by atoms with Crippen molar-refractivity contribution >= 4 is 11.8 Å². The molecule has 0 aromatic heterocycles. The van der Waals surface area contributed by atoms with Crippen molar-refractivity contribution in [1.29, 1.82) is 0 Å². The first-order valence-corrected chi connectivity index (χ1v) is 11.9. The average molecular weight is 475 g/mol. The minimum absolute atomic E-state index is 0.0782. The van der Waals surface area contributed by atoms with Gasteiger partial charge in [-0.3, -0.25) is 9.59 Å². The van der Waals surface area contributed by atoms with E-state index >= 15 is 0 Å². The van der Waals surface area contributed by atoms with Crippen LogP contribution < -0.4 is 10.1 Å². The quantitative estimate of drug-likeness (QED) is 0.369. The summed E-state index contributed by atoms with van der Waals surface area (Å²) in [5, 5.41) is 3.00. The van der Waals surface area contributed by atoms with Gasteiger partial charge in [0.2, 0.25) is 11.8 Å². The number of ether oxygens (including phenoxy) is 2. The van der Waals surface area contributed by atoms with E-state index in [2.05, 4.69) is 5.32 Å². The van der Waals surface area contributed by atoms with Crippen molar-refractivity contribution in [3.8, 4) is 5.75 Å². The molecule has 0 aliphatic carbocycles. The van der Waals surface area contributed by atoms with Crippen LogP contribution in [0.15, 0.2) is 84.9 Å². The van der Waals surface area contributed by atoms with E-state index < -0.39 is 6.04 Å². The van der Waals surface area contributed by atoms with Crippen molar-refractivity contribution in [1.82, 2.24) is 10.2 Å². The molecule has 6 heteroatoms. The molecule has 6 nitrogen and oxygen atoms in total. The largest absolute Gasteiger partial charge is 0.497 e. The van der Waals surface area contributed by atoms with Crippen LogP contribution in [0.1, 0.15) is 35.6 Å². The lowest BCUT2D eigenvalue weighted by molar-refractivity contribution is -0.141. The number of amides is 2. The molecule has 0 unspecified atom stereocenters. The maximum absolute atomic E-state index is 13.6. The van der Waals surface area contributed by atoms with Crippen LogP contribution in [-0.4, -0.2) is 44.1 Å². The Morgan fingerprint density at radius 3 is 2.14 bits per heavy atom. The maximum Gasteiger partial charge on any atom is 0.247 e. The number of rotatable bonds is 13. The zero-order valence-electron chi connectivity index (χ0n) is 20.5. The van der Waals surface area contributed by atoms with Crippen molar-refractivity contribution < 1.29 is 19.1 Å². The van der Waals surface area contributed by atoms with Crippen molar-refractivity contribution in [2.24, 2.45) is 0 Å². The molecule has 35 heavy (non-hydrogen) atoms. The molecule has 3 aromatic carbocycles. The summed E-state index contributed by atoms with van der Waals surface area (Å²) in [5.74, 6) is 0.464. The Hall–Kier alpha value is -3.64. The molecule has 1 N–H and O–H groups in total. The molecule has 0 bridgehead atoms. The lowest BCUT2D eigenvalue weighted by Gasteiger charge is -2.32. The van der Waals surface area contributed by atoms with E-state index in [4.69, 9.17) is 9.47 Å². The normalized spacial score (nSPS) is 11.5. The van der Waals surface area contributed by atoms with Crippen LogP contribution in [0.2, 0.25) is 0 Å². The van der Waals surface area contributed by atoms with Gasteiger partial charge in [0, 0.05) is 33.2 Å². The lowest BCUT2D eigenvalue weighted by Crippen LogP contribution is -2.43. The van der Waals surface area contributed by atoms with E-state index in [1.165, 1.54) is 0 Å². The Morgan fingerprint density at radius 2 is 1.51 bits per heavy atom. The highest BCUT2D eigenvalue weighted by Crippen LogP contribution is 2.26. The summed E-state index contributed by atoms with van der Waals surface area (Å²) in [5.41, 5.74) is 2.79. The molecule has 0 aliphatic heterocycles. The number of aryl methyl sites for hydroxylation is 1. The van der Waals surface area contributed by atoms with E-state index in [0.29, 0.717) is 39.0 Å². The molecule has 3 aromatic rings. The monoisotopic (exact) mass is 474 g/mol. The summed E-state index contributed by atoms with van der Waals surface area (Å²) in [6, 6.07) is 26.2. The highest BCUT2D eigenvalue weighted by atomic mass is 16.5. The maximum atomic E-state index is 13.6. The van der Waals surface area contributed by atoms with Gasteiger partial charge in [0.25, 0.3) is 0 Å². The molecule has 1 atom stereocenters. The van der Waals surface area contributed by atoms with Crippen molar-refractivity contribution in [2.45, 2.75) is 31.8 Å². The van der Waals surface area contributed by atoms with Crippen molar-refractivity contribution in [3.63, 3.8) is 0 Å². The van der Waals surface area contributed by atoms with Gasteiger partial charge in [-0.1, -0.05) is 72.8 Å². The van der Waals surface area contributed by atoms with Crippen LogP contribution >= 0.6 is 0 Å². The number of hydrogen-bond donors (Lipinski definition) is 1. The number of nitrogens with zero attached hydrogens (tertiary/aromatic N) is 1. The number of carbonyl (C=O) groups is 2. The van der Waals surface area contributed by atoms with Gasteiger partial charge in [-0.25, -0.2) is 0 Å². The second-order valence-electron chi connectivity index (χ2n) is 8.31. The van der Waals surface area contributed by atoms with E-state index in [9.17, 15) is 9.59 Å². The first-order chi connectivity index (χ1) is 17.1. The highest BCUT2D eigenvalue weighted by Gasteiger charge is 2.31. The zero-order chi connectivity index (χ0) is 24.9. The van der Waals surface area contributed by atoms with Gasteiger partial charge in [0.1, 0.15) is 11.8 Å². The van der Waals surface area contributed by atoms with Gasteiger partial charge >= 0.3 is 0 Å². The third-order valence-corrected chi connectivity index (χ3v) is 5.80. The average Bonchev–Trinajstić information content (AvgIpc) is 2.91. The molecule has 2 amide bonds. The molecule has 184 valence electrons. The molecule has 0 saturated heterocycles. The van der Waals surface area contributed by atoms with E-state index in [0.717, 1.165) is 22.4 Å². The Kier molecular flexibility index (Phi) is 10.3. The molecule has 0 heterocycles. The highest BCUT2D eigenvalue weighted by molar-refractivity contribution is 5.88. The van der Waals surface area contributed by atoms with Gasteiger partial charge in [0.15, 0.2) is 0 Å². The second-order valence-corrected chi connectivity index (χ2v) is 8.31. The van der Waals surface area contributed by atoms with Crippen molar-refractivity contribution in [3.05, 3.63) is 102 Å². The third kappa shape index (κ3) is 7.97. The van der Waals surface area contributed by atoms with Crippen LogP contribution in [-0.2, 0) is 27.3 Å². The minimum atomic E-state index is -0.746. The standard InChI is InChI=1S/C29H34N2O4/c1-34-21-9-20-30-29(33)28(25-12-7-4-8-13-25)31(22-24-14-17-26(35-2)18-15-24)27(32)19-16-23-10-5-3-6-11-23/h3-8,10-15,17-18,28H,9,16,19-22H2,1-2H3,(H,30,33)/t28-/m0/s1. The van der Waals surface area contributed by atoms with Crippen LogP contribution in [0, 0.1) is 0 Å². The predicted octanol–water partition coefficient (Wildman–Crippen LogP) is 4.55. The summed E-state index contributed by atoms with van der Waals surface area (Å²) >= 11 is 0. The Balaban J connectivity index is 1.88. The molecule has 0 aliphatic rings. The van der Waals surface area contributed by atoms with Gasteiger partial charge < -0.3 is 19.7 Å². The molecule has 0 fully saturated rings. The predicted molar refractivity (Wildman–Crippen MR) is 137 cm³/mol.